The molecule has 2 amide bonds. The van der Waals surface area contributed by atoms with Crippen molar-refractivity contribution in [2.45, 2.75) is 12.8 Å². The van der Waals surface area contributed by atoms with Crippen LogP contribution in [0.25, 0.3) is 22.2 Å². The van der Waals surface area contributed by atoms with Crippen LogP contribution < -0.4 is 10.6 Å². The lowest BCUT2D eigenvalue weighted by Gasteiger charge is -2.08. The molecule has 0 aliphatic rings. The lowest BCUT2D eigenvalue weighted by Crippen LogP contribution is -2.18. The number of aromatic amines is 1. The number of anilines is 1. The minimum Gasteiger partial charge on any atom is -0.355 e. The summed E-state index contributed by atoms with van der Waals surface area (Å²) in [5, 5.41) is 6.48. The zero-order valence-corrected chi connectivity index (χ0v) is 17.0. The predicted octanol–water partition coefficient (Wildman–Crippen LogP) is 4.90. The van der Waals surface area contributed by atoms with Crippen molar-refractivity contribution in [2.24, 2.45) is 0 Å². The van der Waals surface area contributed by atoms with Gasteiger partial charge in [-0.1, -0.05) is 18.2 Å². The number of benzene rings is 3. The Hall–Kier alpha value is -3.93. The van der Waals surface area contributed by atoms with Gasteiger partial charge in [-0.15, -0.1) is 0 Å². The number of H-pyrrole nitrogens is 1. The van der Waals surface area contributed by atoms with Gasteiger partial charge >= 0.3 is 0 Å². The molecule has 156 valence electrons. The van der Waals surface area contributed by atoms with Gasteiger partial charge in [0.15, 0.2) is 0 Å². The first-order valence-electron chi connectivity index (χ1n) is 10.0. The van der Waals surface area contributed by atoms with Crippen LogP contribution in [0.3, 0.4) is 0 Å². The number of fused-ring (bicyclic) bond motifs is 1. The van der Waals surface area contributed by atoms with Crippen molar-refractivity contribution < 1.29 is 14.0 Å². The van der Waals surface area contributed by atoms with Crippen LogP contribution in [0.15, 0.2) is 72.8 Å². The van der Waals surface area contributed by atoms with Gasteiger partial charge < -0.3 is 15.6 Å². The SMILES string of the molecule is CNC(=O)c1ccc(NC(=O)CCc2c(-c3ccc(F)cc3)[nH]c3ccccc23)cc1. The number of carbonyl (C=O) groups excluding carboxylic acids is 2. The van der Waals surface area contributed by atoms with Crippen LogP contribution in [-0.4, -0.2) is 23.8 Å². The Bertz CT molecular complexity index is 1230. The second kappa shape index (κ2) is 8.83. The summed E-state index contributed by atoms with van der Waals surface area (Å²) in [6, 6.07) is 21.0. The third kappa shape index (κ3) is 4.48. The number of para-hydroxylation sites is 1. The van der Waals surface area contributed by atoms with E-state index in [4.69, 9.17) is 0 Å². The Balaban J connectivity index is 1.52. The van der Waals surface area contributed by atoms with Gasteiger partial charge in [0.1, 0.15) is 5.82 Å². The molecule has 0 saturated heterocycles. The zero-order chi connectivity index (χ0) is 21.8. The molecule has 5 nitrogen and oxygen atoms in total. The maximum Gasteiger partial charge on any atom is 0.251 e. The molecular weight excluding hydrogens is 393 g/mol. The number of nitrogens with one attached hydrogen (secondary N) is 3. The molecule has 3 N–H and O–H groups in total. The molecule has 0 aliphatic carbocycles. The first-order chi connectivity index (χ1) is 15.0. The molecule has 0 fully saturated rings. The van der Waals surface area contributed by atoms with Gasteiger partial charge in [-0.2, -0.15) is 0 Å². The Labute approximate surface area is 179 Å². The van der Waals surface area contributed by atoms with E-state index in [0.29, 0.717) is 17.7 Å². The van der Waals surface area contributed by atoms with E-state index in [2.05, 4.69) is 15.6 Å². The van der Waals surface area contributed by atoms with E-state index < -0.39 is 0 Å². The number of halogens is 1. The molecule has 0 saturated carbocycles. The normalized spacial score (nSPS) is 10.8. The molecule has 0 radical (unpaired) electrons. The molecule has 3 aromatic carbocycles. The molecule has 1 aromatic heterocycles. The van der Waals surface area contributed by atoms with Gasteiger partial charge in [0.25, 0.3) is 5.91 Å². The van der Waals surface area contributed by atoms with Crippen molar-refractivity contribution >= 4 is 28.4 Å². The van der Waals surface area contributed by atoms with Crippen molar-refractivity contribution in [1.29, 1.82) is 0 Å². The van der Waals surface area contributed by atoms with Crippen LogP contribution in [0.4, 0.5) is 10.1 Å². The molecule has 6 heteroatoms. The number of carbonyl (C=O) groups is 2. The topological polar surface area (TPSA) is 74.0 Å². The zero-order valence-electron chi connectivity index (χ0n) is 17.0. The molecule has 4 aromatic rings. The highest BCUT2D eigenvalue weighted by molar-refractivity contribution is 5.96. The van der Waals surface area contributed by atoms with E-state index in [1.54, 1.807) is 43.4 Å². The highest BCUT2D eigenvalue weighted by Crippen LogP contribution is 2.31. The molecule has 0 aliphatic heterocycles. The molecule has 0 bridgehead atoms. The summed E-state index contributed by atoms with van der Waals surface area (Å²) in [6.45, 7) is 0. The minimum absolute atomic E-state index is 0.122. The molecular formula is C25H22FN3O2. The maximum atomic E-state index is 13.4. The number of amides is 2. The Morgan fingerprint density at radius 1 is 0.935 bits per heavy atom. The quantitative estimate of drug-likeness (QED) is 0.419. The highest BCUT2D eigenvalue weighted by Gasteiger charge is 2.15. The highest BCUT2D eigenvalue weighted by atomic mass is 19.1. The summed E-state index contributed by atoms with van der Waals surface area (Å²) in [6.07, 6.45) is 0.812. The fourth-order valence-electron chi connectivity index (χ4n) is 3.63. The van der Waals surface area contributed by atoms with Gasteiger partial charge in [0.2, 0.25) is 5.91 Å². The number of aromatic nitrogens is 1. The summed E-state index contributed by atoms with van der Waals surface area (Å²) in [5.41, 5.74) is 4.93. The number of hydrogen-bond donors (Lipinski definition) is 3. The van der Waals surface area contributed by atoms with Crippen LogP contribution >= 0.6 is 0 Å². The smallest absolute Gasteiger partial charge is 0.251 e. The van der Waals surface area contributed by atoms with E-state index >= 15 is 0 Å². The molecule has 31 heavy (non-hydrogen) atoms. The van der Waals surface area contributed by atoms with E-state index in [0.717, 1.165) is 27.7 Å². The molecule has 4 rings (SSSR count). The summed E-state index contributed by atoms with van der Waals surface area (Å²) in [7, 11) is 1.57. The summed E-state index contributed by atoms with van der Waals surface area (Å²) in [5.74, 6) is -0.586. The molecule has 0 spiro atoms. The third-order valence-corrected chi connectivity index (χ3v) is 5.21. The Kier molecular flexibility index (Phi) is 5.80. The van der Waals surface area contributed by atoms with Crippen molar-refractivity contribution in [2.75, 3.05) is 12.4 Å². The van der Waals surface area contributed by atoms with E-state index in [9.17, 15) is 14.0 Å². The Morgan fingerprint density at radius 2 is 1.65 bits per heavy atom. The fourth-order valence-corrected chi connectivity index (χ4v) is 3.63. The van der Waals surface area contributed by atoms with Crippen molar-refractivity contribution in [3.63, 3.8) is 0 Å². The number of hydrogen-bond acceptors (Lipinski definition) is 2. The van der Waals surface area contributed by atoms with E-state index in [1.807, 2.05) is 24.3 Å². The lowest BCUT2D eigenvalue weighted by molar-refractivity contribution is -0.116. The van der Waals surface area contributed by atoms with Crippen LogP contribution in [-0.2, 0) is 11.2 Å². The number of rotatable bonds is 6. The molecule has 1 heterocycles. The molecule has 0 atom stereocenters. The standard InChI is InChI=1S/C25H22FN3O2/c1-27-25(31)17-8-12-19(13-9-17)28-23(30)15-14-21-20-4-2-3-5-22(20)29-24(21)16-6-10-18(26)11-7-16/h2-13,29H,14-15H2,1H3,(H,27,31)(H,28,30). The average Bonchev–Trinajstić information content (AvgIpc) is 3.16. The van der Waals surface area contributed by atoms with Crippen molar-refractivity contribution in [3.05, 3.63) is 89.7 Å². The largest absolute Gasteiger partial charge is 0.355 e. The first-order valence-corrected chi connectivity index (χ1v) is 10.0. The lowest BCUT2D eigenvalue weighted by atomic mass is 10.0. The third-order valence-electron chi connectivity index (χ3n) is 5.21. The van der Waals surface area contributed by atoms with Crippen LogP contribution in [0, 0.1) is 5.82 Å². The van der Waals surface area contributed by atoms with Gasteiger partial charge in [-0.05, 0) is 72.1 Å². The van der Waals surface area contributed by atoms with Crippen molar-refractivity contribution in [1.82, 2.24) is 10.3 Å². The van der Waals surface area contributed by atoms with Gasteiger partial charge in [0, 0.05) is 41.3 Å². The predicted molar refractivity (Wildman–Crippen MR) is 120 cm³/mol. The van der Waals surface area contributed by atoms with Crippen LogP contribution in [0.5, 0.6) is 0 Å². The summed E-state index contributed by atoms with van der Waals surface area (Å²) >= 11 is 0. The maximum absolute atomic E-state index is 13.4. The average molecular weight is 415 g/mol. The van der Waals surface area contributed by atoms with E-state index in [-0.39, 0.29) is 24.1 Å². The minimum atomic E-state index is -0.289. The monoisotopic (exact) mass is 415 g/mol. The summed E-state index contributed by atoms with van der Waals surface area (Å²) in [4.78, 5) is 27.6. The first kappa shape index (κ1) is 20.3. The second-order valence-corrected chi connectivity index (χ2v) is 7.24. The second-order valence-electron chi connectivity index (χ2n) is 7.24. The van der Waals surface area contributed by atoms with Crippen molar-refractivity contribution in [3.8, 4) is 11.3 Å². The van der Waals surface area contributed by atoms with Gasteiger partial charge in [-0.25, -0.2) is 4.39 Å². The molecule has 0 unspecified atom stereocenters. The fraction of sp³-hybridized carbons (Fsp3) is 0.120. The van der Waals surface area contributed by atoms with E-state index in [1.165, 1.54) is 12.1 Å². The summed E-state index contributed by atoms with van der Waals surface area (Å²) < 4.78 is 13.4. The van der Waals surface area contributed by atoms with Gasteiger partial charge in [0.05, 0.1) is 0 Å². The van der Waals surface area contributed by atoms with Crippen LogP contribution in [0.1, 0.15) is 22.3 Å². The number of aryl methyl sites for hydroxylation is 1. The van der Waals surface area contributed by atoms with Gasteiger partial charge in [-0.3, -0.25) is 9.59 Å². The Morgan fingerprint density at radius 3 is 2.35 bits per heavy atom. The van der Waals surface area contributed by atoms with Crippen LogP contribution in [0.2, 0.25) is 0 Å².